The van der Waals surface area contributed by atoms with E-state index >= 15 is 0 Å². The van der Waals surface area contributed by atoms with E-state index in [4.69, 9.17) is 4.74 Å². The zero-order valence-electron chi connectivity index (χ0n) is 14.7. The normalized spacial score (nSPS) is 12.0. The van der Waals surface area contributed by atoms with Gasteiger partial charge in [0.2, 0.25) is 5.91 Å². The van der Waals surface area contributed by atoms with Gasteiger partial charge in [0, 0.05) is 12.2 Å². The van der Waals surface area contributed by atoms with Gasteiger partial charge >= 0.3 is 5.69 Å². The number of aromatic nitrogens is 3. The van der Waals surface area contributed by atoms with Gasteiger partial charge in [-0.05, 0) is 44.5 Å². The van der Waals surface area contributed by atoms with E-state index in [1.54, 1.807) is 23.6 Å². The number of hydrogen-bond donors (Lipinski definition) is 2. The standard InChI is InChI=1S/C17H24N4O3S/c1-4-6-11-21-16(23)19-20-17(21)25-12(3)15(22)18-13-7-9-14(10-8-13)24-5-2/h7-10,12H,4-6,11H2,1-3H3,(H,18,22)(H,19,23)/t12-/m1/s1. The van der Waals surface area contributed by atoms with Gasteiger partial charge in [-0.25, -0.2) is 9.89 Å². The van der Waals surface area contributed by atoms with Crippen LogP contribution in [0.3, 0.4) is 0 Å². The molecule has 0 radical (unpaired) electrons. The van der Waals surface area contributed by atoms with Crippen LogP contribution in [0.5, 0.6) is 5.75 Å². The van der Waals surface area contributed by atoms with Gasteiger partial charge in [0.15, 0.2) is 5.16 Å². The molecule has 8 heteroatoms. The maximum atomic E-state index is 12.4. The Morgan fingerprint density at radius 1 is 1.36 bits per heavy atom. The van der Waals surface area contributed by atoms with Crippen molar-refractivity contribution in [3.05, 3.63) is 34.7 Å². The molecule has 1 atom stereocenters. The molecule has 1 amide bonds. The highest BCUT2D eigenvalue weighted by Gasteiger charge is 2.19. The van der Waals surface area contributed by atoms with Crippen molar-refractivity contribution >= 4 is 23.4 Å². The van der Waals surface area contributed by atoms with Crippen molar-refractivity contribution in [2.75, 3.05) is 11.9 Å². The number of aromatic amines is 1. The van der Waals surface area contributed by atoms with Crippen molar-refractivity contribution in [2.24, 2.45) is 0 Å². The molecule has 0 saturated heterocycles. The summed E-state index contributed by atoms with van der Waals surface area (Å²) >= 11 is 1.26. The summed E-state index contributed by atoms with van der Waals surface area (Å²) in [6, 6.07) is 7.22. The molecule has 0 aliphatic carbocycles. The van der Waals surface area contributed by atoms with E-state index in [1.165, 1.54) is 11.8 Å². The molecule has 2 rings (SSSR count). The van der Waals surface area contributed by atoms with Crippen LogP contribution >= 0.6 is 11.8 Å². The highest BCUT2D eigenvalue weighted by atomic mass is 32.2. The van der Waals surface area contributed by atoms with Gasteiger partial charge in [-0.1, -0.05) is 25.1 Å². The number of H-pyrrole nitrogens is 1. The van der Waals surface area contributed by atoms with E-state index in [9.17, 15) is 9.59 Å². The van der Waals surface area contributed by atoms with Crippen LogP contribution in [-0.2, 0) is 11.3 Å². The molecule has 136 valence electrons. The van der Waals surface area contributed by atoms with E-state index in [-0.39, 0.29) is 16.8 Å². The molecule has 2 N–H and O–H groups in total. The minimum Gasteiger partial charge on any atom is -0.494 e. The number of unbranched alkanes of at least 4 members (excludes halogenated alkanes) is 1. The van der Waals surface area contributed by atoms with Gasteiger partial charge in [-0.2, -0.15) is 0 Å². The summed E-state index contributed by atoms with van der Waals surface area (Å²) in [4.78, 5) is 24.2. The number of nitrogens with one attached hydrogen (secondary N) is 2. The van der Waals surface area contributed by atoms with Crippen LogP contribution in [0.15, 0.2) is 34.2 Å². The van der Waals surface area contributed by atoms with Crippen LogP contribution in [-0.4, -0.2) is 32.5 Å². The lowest BCUT2D eigenvalue weighted by atomic mass is 10.3. The fourth-order valence-corrected chi connectivity index (χ4v) is 3.05. The fraction of sp³-hybridized carbons (Fsp3) is 0.471. The number of carbonyl (C=O) groups excluding carboxylic acids is 1. The van der Waals surface area contributed by atoms with Crippen LogP contribution < -0.4 is 15.7 Å². The third-order valence-corrected chi connectivity index (χ3v) is 4.63. The van der Waals surface area contributed by atoms with Gasteiger partial charge in [-0.15, -0.1) is 5.10 Å². The second-order valence-corrected chi connectivity index (χ2v) is 6.83. The molecular formula is C17H24N4O3S. The molecule has 0 spiro atoms. The first kappa shape index (κ1) is 19.1. The molecule has 0 aliphatic rings. The summed E-state index contributed by atoms with van der Waals surface area (Å²) < 4.78 is 6.96. The number of ether oxygens (including phenoxy) is 1. The summed E-state index contributed by atoms with van der Waals surface area (Å²) in [7, 11) is 0. The summed E-state index contributed by atoms with van der Waals surface area (Å²) in [6.45, 7) is 6.97. The molecule has 0 unspecified atom stereocenters. The summed E-state index contributed by atoms with van der Waals surface area (Å²) in [5, 5.41) is 9.48. The Morgan fingerprint density at radius 3 is 2.72 bits per heavy atom. The van der Waals surface area contributed by atoms with Gasteiger partial charge in [-0.3, -0.25) is 9.36 Å². The van der Waals surface area contributed by atoms with Crippen LogP contribution in [0, 0.1) is 0 Å². The number of nitrogens with zero attached hydrogens (tertiary/aromatic N) is 2. The van der Waals surface area contributed by atoms with Crippen LogP contribution in [0.4, 0.5) is 5.69 Å². The predicted octanol–water partition coefficient (Wildman–Crippen LogP) is 2.89. The van der Waals surface area contributed by atoms with Crippen LogP contribution in [0.1, 0.15) is 33.6 Å². The summed E-state index contributed by atoms with van der Waals surface area (Å²) in [5.74, 6) is 0.617. The Labute approximate surface area is 151 Å². The second kappa shape index (κ2) is 9.31. The van der Waals surface area contributed by atoms with Gasteiger partial charge in [0.25, 0.3) is 0 Å². The van der Waals surface area contributed by atoms with Crippen LogP contribution in [0.25, 0.3) is 0 Å². The number of thioether (sulfide) groups is 1. The first-order valence-electron chi connectivity index (χ1n) is 8.40. The summed E-state index contributed by atoms with van der Waals surface area (Å²) in [5.41, 5.74) is 0.460. The first-order chi connectivity index (χ1) is 12.0. The van der Waals surface area contributed by atoms with E-state index in [2.05, 4.69) is 22.4 Å². The minimum atomic E-state index is -0.387. The molecule has 7 nitrogen and oxygen atoms in total. The lowest BCUT2D eigenvalue weighted by molar-refractivity contribution is -0.115. The Bertz CT molecular complexity index is 739. The van der Waals surface area contributed by atoms with Gasteiger partial charge < -0.3 is 10.1 Å². The van der Waals surface area contributed by atoms with Crippen molar-refractivity contribution in [2.45, 2.75) is 50.6 Å². The zero-order chi connectivity index (χ0) is 18.2. The van der Waals surface area contributed by atoms with Gasteiger partial charge in [0.1, 0.15) is 5.75 Å². The van der Waals surface area contributed by atoms with Crippen molar-refractivity contribution < 1.29 is 9.53 Å². The maximum Gasteiger partial charge on any atom is 0.343 e. The highest BCUT2D eigenvalue weighted by molar-refractivity contribution is 8.00. The maximum absolute atomic E-state index is 12.4. The van der Waals surface area contributed by atoms with Crippen LogP contribution in [0.2, 0.25) is 0 Å². The largest absolute Gasteiger partial charge is 0.494 e. The minimum absolute atomic E-state index is 0.147. The number of hydrogen-bond acceptors (Lipinski definition) is 5. The monoisotopic (exact) mass is 364 g/mol. The molecule has 1 heterocycles. The lowest BCUT2D eigenvalue weighted by Crippen LogP contribution is -2.24. The molecule has 25 heavy (non-hydrogen) atoms. The van der Waals surface area contributed by atoms with E-state index in [0.29, 0.717) is 24.0 Å². The quantitative estimate of drug-likeness (QED) is 0.668. The molecule has 0 aliphatic heterocycles. The third kappa shape index (κ3) is 5.38. The summed E-state index contributed by atoms with van der Waals surface area (Å²) in [6.07, 6.45) is 1.87. The molecule has 2 aromatic rings. The Hall–Kier alpha value is -2.22. The molecular weight excluding hydrogens is 340 g/mol. The molecule has 0 saturated carbocycles. The van der Waals surface area contributed by atoms with Crippen molar-refractivity contribution in [3.8, 4) is 5.75 Å². The first-order valence-corrected chi connectivity index (χ1v) is 9.28. The number of anilines is 1. The van der Waals surface area contributed by atoms with Crippen molar-refractivity contribution in [3.63, 3.8) is 0 Å². The average Bonchev–Trinajstić information content (AvgIpc) is 2.94. The number of benzene rings is 1. The lowest BCUT2D eigenvalue weighted by Gasteiger charge is -2.12. The fourth-order valence-electron chi connectivity index (χ4n) is 2.16. The Morgan fingerprint density at radius 2 is 2.08 bits per heavy atom. The van der Waals surface area contributed by atoms with Crippen molar-refractivity contribution in [1.29, 1.82) is 0 Å². The Kier molecular flexibility index (Phi) is 7.12. The van der Waals surface area contributed by atoms with E-state index < -0.39 is 0 Å². The topological polar surface area (TPSA) is 89.0 Å². The highest BCUT2D eigenvalue weighted by Crippen LogP contribution is 2.22. The molecule has 0 bridgehead atoms. The zero-order valence-corrected chi connectivity index (χ0v) is 15.6. The smallest absolute Gasteiger partial charge is 0.343 e. The van der Waals surface area contributed by atoms with Crippen molar-refractivity contribution in [1.82, 2.24) is 14.8 Å². The molecule has 0 fully saturated rings. The predicted molar refractivity (Wildman–Crippen MR) is 99.3 cm³/mol. The Balaban J connectivity index is 1.97. The molecule has 1 aromatic carbocycles. The SMILES string of the molecule is CCCCn1c(S[C@H](C)C(=O)Nc2ccc(OCC)cc2)n[nH]c1=O. The average molecular weight is 364 g/mol. The van der Waals surface area contributed by atoms with Gasteiger partial charge in [0.05, 0.1) is 11.9 Å². The third-order valence-electron chi connectivity index (χ3n) is 3.54. The second-order valence-electron chi connectivity index (χ2n) is 5.52. The number of rotatable bonds is 9. The van der Waals surface area contributed by atoms with E-state index in [0.717, 1.165) is 18.6 Å². The number of carbonyl (C=O) groups is 1. The molecule has 1 aromatic heterocycles. The van der Waals surface area contributed by atoms with E-state index in [1.807, 2.05) is 19.1 Å². The number of amides is 1.